The maximum Gasteiger partial charge on any atom is 0.301 e. The fourth-order valence-corrected chi connectivity index (χ4v) is 6.05. The molecule has 8 nitrogen and oxygen atoms in total. The number of ether oxygens (including phenoxy) is 2. The van der Waals surface area contributed by atoms with Crippen molar-refractivity contribution in [3.63, 3.8) is 0 Å². The van der Waals surface area contributed by atoms with Gasteiger partial charge in [0.1, 0.15) is 23.9 Å². The van der Waals surface area contributed by atoms with Gasteiger partial charge in [0.25, 0.3) is 5.78 Å². The number of carbonyl (C=O) groups is 2. The fourth-order valence-electron chi connectivity index (χ4n) is 4.23. The highest BCUT2D eigenvalue weighted by Gasteiger charge is 2.48. The van der Waals surface area contributed by atoms with Gasteiger partial charge in [0.15, 0.2) is 4.34 Å². The summed E-state index contributed by atoms with van der Waals surface area (Å²) in [5.74, 6) is -0.00347. The van der Waals surface area contributed by atoms with Crippen LogP contribution in [0.25, 0.3) is 5.76 Å². The molecule has 0 bridgehead atoms. The summed E-state index contributed by atoms with van der Waals surface area (Å²) in [5, 5.41) is 20.1. The molecule has 202 valence electrons. The maximum absolute atomic E-state index is 13.4. The number of amides is 1. The zero-order chi connectivity index (χ0) is 28.1. The molecular formula is C30H25N3O5S2. The van der Waals surface area contributed by atoms with E-state index in [9.17, 15) is 14.7 Å². The number of Topliss-reactive ketones (excluding diaryl/α,β-unsaturated/α-hetero) is 1. The van der Waals surface area contributed by atoms with Crippen molar-refractivity contribution in [3.05, 3.63) is 114 Å². The first-order valence-electron chi connectivity index (χ1n) is 12.3. The van der Waals surface area contributed by atoms with Crippen molar-refractivity contribution in [1.82, 2.24) is 10.2 Å². The van der Waals surface area contributed by atoms with Crippen LogP contribution in [-0.4, -0.2) is 40.7 Å². The van der Waals surface area contributed by atoms with E-state index in [4.69, 9.17) is 9.47 Å². The number of carbonyl (C=O) groups excluding carboxylic acids is 2. The molecular weight excluding hydrogens is 546 g/mol. The van der Waals surface area contributed by atoms with Crippen LogP contribution >= 0.6 is 23.1 Å². The number of hydrogen-bond acceptors (Lipinski definition) is 9. The molecule has 0 saturated carbocycles. The molecule has 40 heavy (non-hydrogen) atoms. The molecule has 1 aromatic heterocycles. The lowest BCUT2D eigenvalue weighted by molar-refractivity contribution is -0.132. The minimum atomic E-state index is -0.921. The van der Waals surface area contributed by atoms with Gasteiger partial charge in [0.2, 0.25) is 5.13 Å². The SMILES string of the molecule is C=CCOc1ccc(C2/C(=C(/O)c3ccc(OC)cc3)C(=O)C(=O)N2c2nnc(SCc3ccccc3)s2)cc1. The van der Waals surface area contributed by atoms with Crippen LogP contribution in [0.4, 0.5) is 5.13 Å². The smallest absolute Gasteiger partial charge is 0.301 e. The van der Waals surface area contributed by atoms with Crippen molar-refractivity contribution >= 4 is 45.7 Å². The highest BCUT2D eigenvalue weighted by molar-refractivity contribution is 8.00. The van der Waals surface area contributed by atoms with Gasteiger partial charge in [-0.1, -0.05) is 78.2 Å². The normalized spacial score (nSPS) is 16.2. The molecule has 1 N–H and O–H groups in total. The molecule has 4 aromatic rings. The largest absolute Gasteiger partial charge is 0.507 e. The van der Waals surface area contributed by atoms with Gasteiger partial charge in [-0.15, -0.1) is 10.2 Å². The molecule has 0 aliphatic carbocycles. The Kier molecular flexibility index (Phi) is 8.28. The fraction of sp³-hybridized carbons (Fsp3) is 0.133. The monoisotopic (exact) mass is 571 g/mol. The van der Waals surface area contributed by atoms with E-state index in [-0.39, 0.29) is 16.5 Å². The zero-order valence-corrected chi connectivity index (χ0v) is 23.2. The maximum atomic E-state index is 13.4. The van der Waals surface area contributed by atoms with Crippen LogP contribution in [0.2, 0.25) is 0 Å². The Hall–Kier alpha value is -4.41. The minimum Gasteiger partial charge on any atom is -0.507 e. The summed E-state index contributed by atoms with van der Waals surface area (Å²) in [6.07, 6.45) is 1.64. The van der Waals surface area contributed by atoms with Gasteiger partial charge in [0, 0.05) is 11.3 Å². The number of benzene rings is 3. The van der Waals surface area contributed by atoms with Crippen molar-refractivity contribution in [2.24, 2.45) is 0 Å². The molecule has 3 aromatic carbocycles. The van der Waals surface area contributed by atoms with E-state index < -0.39 is 17.7 Å². The highest BCUT2D eigenvalue weighted by atomic mass is 32.2. The Balaban J connectivity index is 1.53. The molecule has 1 amide bonds. The second-order valence-corrected chi connectivity index (χ2v) is 10.9. The first kappa shape index (κ1) is 27.2. The third kappa shape index (κ3) is 5.63. The Morgan fingerprint density at radius 3 is 2.40 bits per heavy atom. The van der Waals surface area contributed by atoms with E-state index in [0.29, 0.717) is 39.3 Å². The topological polar surface area (TPSA) is 102 Å². The molecule has 1 aliphatic heterocycles. The molecule has 10 heteroatoms. The summed E-state index contributed by atoms with van der Waals surface area (Å²) in [4.78, 5) is 28.2. The number of rotatable bonds is 10. The third-order valence-electron chi connectivity index (χ3n) is 6.18. The molecule has 1 unspecified atom stereocenters. The van der Waals surface area contributed by atoms with E-state index >= 15 is 0 Å². The van der Waals surface area contributed by atoms with Crippen molar-refractivity contribution < 1.29 is 24.2 Å². The number of aliphatic hydroxyl groups excluding tert-OH is 1. The van der Waals surface area contributed by atoms with Gasteiger partial charge in [-0.25, -0.2) is 0 Å². The van der Waals surface area contributed by atoms with Crippen molar-refractivity contribution in [2.75, 3.05) is 18.6 Å². The minimum absolute atomic E-state index is 0.0383. The highest BCUT2D eigenvalue weighted by Crippen LogP contribution is 2.44. The van der Waals surface area contributed by atoms with Crippen LogP contribution in [0.1, 0.15) is 22.7 Å². The standard InChI is InChI=1S/C30H25N3O5S2/c1-3-17-38-23-15-9-20(10-16-23)25-24(26(34)21-11-13-22(37-2)14-12-21)27(35)28(36)33(25)29-31-32-30(40-29)39-18-19-7-5-4-6-8-19/h3-16,25,34H,1,17-18H2,2H3/b26-24-. The Morgan fingerprint density at radius 2 is 1.73 bits per heavy atom. The van der Waals surface area contributed by atoms with Crippen LogP contribution in [0.5, 0.6) is 11.5 Å². The second-order valence-electron chi connectivity index (χ2n) is 8.69. The lowest BCUT2D eigenvalue weighted by atomic mass is 9.95. The first-order chi connectivity index (χ1) is 19.5. The number of hydrogen-bond donors (Lipinski definition) is 1. The van der Waals surface area contributed by atoms with E-state index in [1.165, 1.54) is 35.1 Å². The van der Waals surface area contributed by atoms with E-state index in [0.717, 1.165) is 5.56 Å². The zero-order valence-electron chi connectivity index (χ0n) is 21.5. The van der Waals surface area contributed by atoms with E-state index in [1.807, 2.05) is 30.3 Å². The average Bonchev–Trinajstić information content (AvgIpc) is 3.57. The van der Waals surface area contributed by atoms with Crippen LogP contribution in [-0.2, 0) is 15.3 Å². The Morgan fingerprint density at radius 1 is 1.02 bits per heavy atom. The molecule has 1 aliphatic rings. The van der Waals surface area contributed by atoms with Crippen LogP contribution in [0.15, 0.2) is 101 Å². The quantitative estimate of drug-likeness (QED) is 0.0615. The van der Waals surface area contributed by atoms with Gasteiger partial charge in [-0.3, -0.25) is 14.5 Å². The lowest BCUT2D eigenvalue weighted by Crippen LogP contribution is -2.29. The summed E-state index contributed by atoms with van der Waals surface area (Å²) in [6, 6.07) is 22.6. The molecule has 1 saturated heterocycles. The number of ketones is 1. The third-order valence-corrected chi connectivity index (χ3v) is 8.31. The summed E-state index contributed by atoms with van der Waals surface area (Å²) in [6.45, 7) is 3.99. The lowest BCUT2D eigenvalue weighted by Gasteiger charge is -2.22. The van der Waals surface area contributed by atoms with Crippen LogP contribution in [0, 0.1) is 0 Å². The van der Waals surface area contributed by atoms with Crippen molar-refractivity contribution in [2.45, 2.75) is 16.1 Å². The number of aliphatic hydroxyl groups is 1. The molecule has 1 fully saturated rings. The Labute approximate surface area is 239 Å². The van der Waals surface area contributed by atoms with Gasteiger partial charge < -0.3 is 14.6 Å². The summed E-state index contributed by atoms with van der Waals surface area (Å²) >= 11 is 2.71. The second kappa shape index (κ2) is 12.2. The van der Waals surface area contributed by atoms with Gasteiger partial charge in [-0.2, -0.15) is 0 Å². The summed E-state index contributed by atoms with van der Waals surface area (Å²) < 4.78 is 11.5. The molecule has 0 radical (unpaired) electrons. The number of thioether (sulfide) groups is 1. The number of methoxy groups -OCH3 is 1. The van der Waals surface area contributed by atoms with Crippen molar-refractivity contribution in [1.29, 1.82) is 0 Å². The van der Waals surface area contributed by atoms with Crippen molar-refractivity contribution in [3.8, 4) is 11.5 Å². The molecule has 2 heterocycles. The number of aromatic nitrogens is 2. The van der Waals surface area contributed by atoms with Crippen LogP contribution < -0.4 is 14.4 Å². The van der Waals surface area contributed by atoms with Gasteiger partial charge >= 0.3 is 5.91 Å². The molecule has 0 spiro atoms. The molecule has 5 rings (SSSR count). The summed E-state index contributed by atoms with van der Waals surface area (Å²) in [5.41, 5.74) is 2.08. The number of nitrogens with zero attached hydrogens (tertiary/aromatic N) is 3. The van der Waals surface area contributed by atoms with E-state index in [2.05, 4.69) is 16.8 Å². The summed E-state index contributed by atoms with van der Waals surface area (Å²) in [7, 11) is 1.54. The average molecular weight is 572 g/mol. The predicted octanol–water partition coefficient (Wildman–Crippen LogP) is 6.03. The number of anilines is 1. The molecule has 1 atom stereocenters. The predicted molar refractivity (Wildman–Crippen MR) is 156 cm³/mol. The van der Waals surface area contributed by atoms with E-state index in [1.54, 1.807) is 54.6 Å². The first-order valence-corrected chi connectivity index (χ1v) is 14.1. The van der Waals surface area contributed by atoms with Crippen LogP contribution in [0.3, 0.4) is 0 Å². The van der Waals surface area contributed by atoms with Gasteiger partial charge in [0.05, 0.1) is 18.7 Å². The van der Waals surface area contributed by atoms with Gasteiger partial charge in [-0.05, 0) is 47.5 Å². The Bertz CT molecular complexity index is 1550.